The normalized spacial score (nSPS) is 11.9. The number of hydrogen-bond acceptors (Lipinski definition) is 5. The van der Waals surface area contributed by atoms with Gasteiger partial charge in [-0.15, -0.1) is 0 Å². The number of nitrogens with zero attached hydrogens (tertiary/aromatic N) is 2. The highest BCUT2D eigenvalue weighted by molar-refractivity contribution is 7.92. The van der Waals surface area contributed by atoms with Crippen LogP contribution < -0.4 is 14.4 Å². The van der Waals surface area contributed by atoms with Crippen molar-refractivity contribution in [2.45, 2.75) is 57.5 Å². The summed E-state index contributed by atoms with van der Waals surface area (Å²) in [6, 6.07) is 21.6. The van der Waals surface area contributed by atoms with Crippen molar-refractivity contribution in [3.05, 3.63) is 90.0 Å². The van der Waals surface area contributed by atoms with Crippen molar-refractivity contribution in [2.24, 2.45) is 0 Å². The van der Waals surface area contributed by atoms with Gasteiger partial charge >= 0.3 is 0 Å². The fourth-order valence-electron chi connectivity index (χ4n) is 4.23. The molecule has 40 heavy (non-hydrogen) atoms. The molecule has 0 aromatic heterocycles. The lowest BCUT2D eigenvalue weighted by atomic mass is 10.1. The summed E-state index contributed by atoms with van der Waals surface area (Å²) in [5.74, 6) is -0.177. The molecule has 3 rings (SSSR count). The first kappa shape index (κ1) is 30.7. The molecule has 0 aliphatic carbocycles. The van der Waals surface area contributed by atoms with Crippen molar-refractivity contribution < 1.29 is 22.7 Å². The minimum absolute atomic E-state index is 0.0760. The highest BCUT2D eigenvalue weighted by atomic mass is 32.2. The van der Waals surface area contributed by atoms with Gasteiger partial charge in [-0.3, -0.25) is 13.9 Å². The van der Waals surface area contributed by atoms with Crippen LogP contribution in [0.1, 0.15) is 44.7 Å². The van der Waals surface area contributed by atoms with E-state index in [4.69, 9.17) is 4.74 Å². The molecule has 0 heterocycles. The van der Waals surface area contributed by atoms with E-state index in [-0.39, 0.29) is 17.3 Å². The molecule has 0 radical (unpaired) electrons. The van der Waals surface area contributed by atoms with Gasteiger partial charge in [0.25, 0.3) is 10.0 Å². The summed E-state index contributed by atoms with van der Waals surface area (Å²) in [5.41, 5.74) is 2.17. The lowest BCUT2D eigenvalue weighted by Gasteiger charge is -2.32. The van der Waals surface area contributed by atoms with Crippen LogP contribution in [-0.2, 0) is 32.6 Å². The molecule has 2 amide bonds. The van der Waals surface area contributed by atoms with Gasteiger partial charge in [0.15, 0.2) is 0 Å². The Morgan fingerprint density at radius 2 is 1.62 bits per heavy atom. The second kappa shape index (κ2) is 14.5. The van der Waals surface area contributed by atoms with Crippen molar-refractivity contribution in [1.82, 2.24) is 10.2 Å². The Hall–Kier alpha value is -3.85. The van der Waals surface area contributed by atoms with Crippen molar-refractivity contribution in [1.29, 1.82) is 0 Å². The molecule has 0 saturated heterocycles. The second-order valence-electron chi connectivity index (χ2n) is 9.54. The molecular weight excluding hydrogens is 526 g/mol. The second-order valence-corrected chi connectivity index (χ2v) is 11.4. The number of aryl methyl sites for hydroxylation is 1. The zero-order chi connectivity index (χ0) is 29.1. The Kier molecular flexibility index (Phi) is 11.1. The molecule has 0 saturated carbocycles. The van der Waals surface area contributed by atoms with Gasteiger partial charge in [-0.25, -0.2) is 8.42 Å². The van der Waals surface area contributed by atoms with Crippen molar-refractivity contribution >= 4 is 27.5 Å². The monoisotopic (exact) mass is 565 g/mol. The number of ether oxygens (including phenoxy) is 1. The maximum Gasteiger partial charge on any atom is 0.264 e. The number of methoxy groups -OCH3 is 1. The average molecular weight is 566 g/mol. The summed E-state index contributed by atoms with van der Waals surface area (Å²) >= 11 is 0. The summed E-state index contributed by atoms with van der Waals surface area (Å²) in [6.45, 7) is 5.83. The van der Waals surface area contributed by atoms with Gasteiger partial charge in [0, 0.05) is 13.1 Å². The molecule has 0 aliphatic heterocycles. The summed E-state index contributed by atoms with van der Waals surface area (Å²) in [6.07, 6.45) is 2.53. The van der Waals surface area contributed by atoms with E-state index >= 15 is 0 Å². The van der Waals surface area contributed by atoms with Gasteiger partial charge in [-0.1, -0.05) is 62.7 Å². The third kappa shape index (κ3) is 7.85. The fraction of sp³-hybridized carbons (Fsp3) is 0.355. The smallest absolute Gasteiger partial charge is 0.264 e. The number of carbonyl (C=O) groups excluding carboxylic acids is 2. The van der Waals surface area contributed by atoms with E-state index in [2.05, 4.69) is 5.32 Å². The van der Waals surface area contributed by atoms with Crippen molar-refractivity contribution in [3.8, 4) is 5.75 Å². The molecule has 0 fully saturated rings. The van der Waals surface area contributed by atoms with Crippen LogP contribution >= 0.6 is 0 Å². The van der Waals surface area contributed by atoms with Crippen LogP contribution in [0.2, 0.25) is 0 Å². The van der Waals surface area contributed by atoms with Gasteiger partial charge in [-0.05, 0) is 67.3 Å². The molecule has 214 valence electrons. The number of benzene rings is 3. The van der Waals surface area contributed by atoms with Crippen LogP contribution in [-0.4, -0.2) is 51.4 Å². The highest BCUT2D eigenvalue weighted by Crippen LogP contribution is 2.25. The number of carbonyl (C=O) groups is 2. The lowest BCUT2D eigenvalue weighted by molar-refractivity contribution is -0.139. The van der Waals surface area contributed by atoms with Crippen LogP contribution in [0.25, 0.3) is 0 Å². The van der Waals surface area contributed by atoms with E-state index < -0.39 is 28.5 Å². The van der Waals surface area contributed by atoms with Crippen LogP contribution in [0.4, 0.5) is 5.69 Å². The third-order valence-electron chi connectivity index (χ3n) is 6.73. The molecule has 1 unspecified atom stereocenters. The molecule has 8 nitrogen and oxygen atoms in total. The van der Waals surface area contributed by atoms with E-state index in [1.54, 1.807) is 56.5 Å². The summed E-state index contributed by atoms with van der Waals surface area (Å²) in [4.78, 5) is 28.5. The Morgan fingerprint density at radius 1 is 0.925 bits per heavy atom. The standard InChI is InChI=1S/C31H39N3O5S/c1-5-7-20-32-31(36)24(3)33(22-26-12-11-13-28(21-26)39-4)30(35)23-34(27-18-16-25(6-2)17-19-27)40(37,38)29-14-9-8-10-15-29/h8-19,21,24H,5-7,20,22-23H2,1-4H3,(H,32,36). The number of hydrogen-bond donors (Lipinski definition) is 1. The highest BCUT2D eigenvalue weighted by Gasteiger charge is 2.32. The van der Waals surface area contributed by atoms with Crippen molar-refractivity contribution in [2.75, 3.05) is 24.5 Å². The number of sulfonamides is 1. The molecule has 0 bridgehead atoms. The molecule has 0 aliphatic rings. The molecule has 3 aromatic carbocycles. The maximum atomic E-state index is 14.0. The Balaban J connectivity index is 2.00. The van der Waals surface area contributed by atoms with Gasteiger partial charge in [0.1, 0.15) is 18.3 Å². The minimum atomic E-state index is -4.08. The minimum Gasteiger partial charge on any atom is -0.497 e. The number of nitrogens with one attached hydrogen (secondary N) is 1. The van der Waals surface area contributed by atoms with Gasteiger partial charge < -0.3 is 15.0 Å². The SMILES string of the molecule is CCCCNC(=O)C(C)N(Cc1cccc(OC)c1)C(=O)CN(c1ccc(CC)cc1)S(=O)(=O)c1ccccc1. The van der Waals surface area contributed by atoms with Crippen LogP contribution in [0, 0.1) is 0 Å². The van der Waals surface area contributed by atoms with Crippen molar-refractivity contribution in [3.63, 3.8) is 0 Å². The first-order chi connectivity index (χ1) is 19.2. The molecule has 9 heteroatoms. The van der Waals surface area contributed by atoms with Crippen LogP contribution in [0.15, 0.2) is 83.8 Å². The van der Waals surface area contributed by atoms with Gasteiger partial charge in [-0.2, -0.15) is 0 Å². The van der Waals surface area contributed by atoms with Gasteiger partial charge in [0.05, 0.1) is 17.7 Å². The molecule has 3 aromatic rings. The largest absolute Gasteiger partial charge is 0.497 e. The zero-order valence-electron chi connectivity index (χ0n) is 23.7. The van der Waals surface area contributed by atoms with E-state index in [0.717, 1.165) is 34.7 Å². The van der Waals surface area contributed by atoms with Gasteiger partial charge in [0.2, 0.25) is 11.8 Å². The number of unbranched alkanes of at least 4 members (excludes halogenated alkanes) is 1. The Bertz CT molecular complexity index is 1360. The van der Waals surface area contributed by atoms with E-state index in [1.165, 1.54) is 17.0 Å². The molecule has 0 spiro atoms. The third-order valence-corrected chi connectivity index (χ3v) is 8.51. The quantitative estimate of drug-likeness (QED) is 0.284. The Labute approximate surface area is 238 Å². The zero-order valence-corrected chi connectivity index (χ0v) is 24.5. The van der Waals surface area contributed by atoms with Crippen LogP contribution in [0.5, 0.6) is 5.75 Å². The molecule has 1 N–H and O–H groups in total. The number of anilines is 1. The summed E-state index contributed by atoms with van der Waals surface area (Å²) in [5, 5.41) is 2.89. The van der Waals surface area contributed by atoms with E-state index in [1.807, 2.05) is 38.1 Å². The summed E-state index contributed by atoms with van der Waals surface area (Å²) < 4.78 is 34.1. The molecular formula is C31H39N3O5S. The predicted molar refractivity (Wildman–Crippen MR) is 158 cm³/mol. The first-order valence-corrected chi connectivity index (χ1v) is 15.0. The average Bonchev–Trinajstić information content (AvgIpc) is 2.98. The van der Waals surface area contributed by atoms with E-state index in [9.17, 15) is 18.0 Å². The topological polar surface area (TPSA) is 96.0 Å². The Morgan fingerprint density at radius 3 is 2.25 bits per heavy atom. The molecule has 1 atom stereocenters. The maximum absolute atomic E-state index is 14.0. The fourth-order valence-corrected chi connectivity index (χ4v) is 5.67. The predicted octanol–water partition coefficient (Wildman–Crippen LogP) is 4.79. The summed E-state index contributed by atoms with van der Waals surface area (Å²) in [7, 11) is -2.53. The van der Waals surface area contributed by atoms with Crippen LogP contribution in [0.3, 0.4) is 0 Å². The lowest BCUT2D eigenvalue weighted by Crippen LogP contribution is -2.51. The number of rotatable bonds is 14. The first-order valence-electron chi connectivity index (χ1n) is 13.6. The number of amides is 2. The van der Waals surface area contributed by atoms with E-state index in [0.29, 0.717) is 18.0 Å².